The molecule has 35 heavy (non-hydrogen) atoms. The van der Waals surface area contributed by atoms with Gasteiger partial charge in [0.05, 0.1) is 37.9 Å². The molecule has 0 radical (unpaired) electrons. The van der Waals surface area contributed by atoms with E-state index in [9.17, 15) is 22.8 Å². The lowest BCUT2D eigenvalue weighted by molar-refractivity contribution is -0.144. The molecule has 2 heterocycles. The minimum atomic E-state index is -4.91. The fourth-order valence-electron chi connectivity index (χ4n) is 3.58. The molecule has 0 aromatic heterocycles. The summed E-state index contributed by atoms with van der Waals surface area (Å²) in [5.74, 6) is -0.980. The van der Waals surface area contributed by atoms with Gasteiger partial charge in [-0.05, 0) is 37.0 Å². The summed E-state index contributed by atoms with van der Waals surface area (Å²) in [6.45, 7) is 3.69. The number of carbonyl (C=O) groups excluding carboxylic acids is 2. The number of thioether (sulfide) groups is 1. The summed E-state index contributed by atoms with van der Waals surface area (Å²) in [4.78, 5) is 30.8. The number of hydrogen-bond acceptors (Lipinski definition) is 8. The SMILES string of the molecule is COCCNC(=O)CC1=CSC2=NC(C(F)(F)F)=C(C(=O)OC(C)C)C(c3ccc(OC)cc3)N12. The van der Waals surface area contributed by atoms with Gasteiger partial charge >= 0.3 is 12.1 Å². The summed E-state index contributed by atoms with van der Waals surface area (Å²) in [5, 5.41) is 4.27. The van der Waals surface area contributed by atoms with Crippen LogP contribution in [-0.4, -0.2) is 61.6 Å². The highest BCUT2D eigenvalue weighted by Gasteiger charge is 2.49. The van der Waals surface area contributed by atoms with Crippen molar-refractivity contribution in [1.29, 1.82) is 0 Å². The number of amides is 1. The molecule has 1 N–H and O–H groups in total. The van der Waals surface area contributed by atoms with Gasteiger partial charge in [0.1, 0.15) is 5.75 Å². The molecule has 0 spiro atoms. The number of alkyl halides is 3. The molecule has 0 aliphatic carbocycles. The molecule has 1 atom stereocenters. The number of ether oxygens (including phenoxy) is 3. The Morgan fingerprint density at radius 2 is 1.89 bits per heavy atom. The van der Waals surface area contributed by atoms with E-state index >= 15 is 0 Å². The van der Waals surface area contributed by atoms with Crippen LogP contribution >= 0.6 is 11.8 Å². The highest BCUT2D eigenvalue weighted by atomic mass is 32.2. The van der Waals surface area contributed by atoms with Crippen molar-refractivity contribution < 1.29 is 37.0 Å². The summed E-state index contributed by atoms with van der Waals surface area (Å²) >= 11 is 0.957. The second-order valence-electron chi connectivity index (χ2n) is 7.90. The van der Waals surface area contributed by atoms with Crippen molar-refractivity contribution >= 4 is 28.8 Å². The number of amidine groups is 1. The van der Waals surface area contributed by atoms with Crippen molar-refractivity contribution in [2.24, 2.45) is 4.99 Å². The molecule has 1 amide bonds. The van der Waals surface area contributed by atoms with Crippen LogP contribution in [0.25, 0.3) is 0 Å². The summed E-state index contributed by atoms with van der Waals surface area (Å²) < 4.78 is 57.7. The number of benzene rings is 1. The highest BCUT2D eigenvalue weighted by molar-refractivity contribution is 8.16. The van der Waals surface area contributed by atoms with E-state index in [0.29, 0.717) is 23.6 Å². The molecule has 12 heteroatoms. The number of methoxy groups -OCH3 is 2. The van der Waals surface area contributed by atoms with E-state index < -0.39 is 35.6 Å². The van der Waals surface area contributed by atoms with E-state index in [1.165, 1.54) is 19.1 Å². The molecule has 190 valence electrons. The van der Waals surface area contributed by atoms with Crippen LogP contribution in [0.15, 0.2) is 51.6 Å². The lowest BCUT2D eigenvalue weighted by atomic mass is 9.93. The number of allylic oxidation sites excluding steroid dienone is 1. The molecule has 1 unspecified atom stereocenters. The summed E-state index contributed by atoms with van der Waals surface area (Å²) in [6.07, 6.45) is -5.69. The van der Waals surface area contributed by atoms with Gasteiger partial charge in [0.25, 0.3) is 0 Å². The van der Waals surface area contributed by atoms with Gasteiger partial charge in [0.15, 0.2) is 10.9 Å². The zero-order chi connectivity index (χ0) is 25.8. The van der Waals surface area contributed by atoms with E-state index in [1.54, 1.807) is 43.5 Å². The largest absolute Gasteiger partial charge is 0.497 e. The van der Waals surface area contributed by atoms with Gasteiger partial charge in [0.2, 0.25) is 5.91 Å². The molecule has 2 aliphatic heterocycles. The molecule has 2 aliphatic rings. The maximum atomic E-state index is 14.1. The molecule has 3 rings (SSSR count). The van der Waals surface area contributed by atoms with Crippen LogP contribution in [0.3, 0.4) is 0 Å². The minimum Gasteiger partial charge on any atom is -0.497 e. The van der Waals surface area contributed by atoms with E-state index in [-0.39, 0.29) is 24.0 Å². The van der Waals surface area contributed by atoms with Crippen molar-refractivity contribution in [1.82, 2.24) is 10.2 Å². The predicted octanol–water partition coefficient (Wildman–Crippen LogP) is 3.92. The number of hydrogen-bond donors (Lipinski definition) is 1. The zero-order valence-electron chi connectivity index (χ0n) is 19.6. The Labute approximate surface area is 205 Å². The van der Waals surface area contributed by atoms with E-state index in [1.807, 2.05) is 0 Å². The minimum absolute atomic E-state index is 0.0129. The van der Waals surface area contributed by atoms with Crippen LogP contribution in [0.5, 0.6) is 5.75 Å². The third-order valence-corrected chi connectivity index (χ3v) is 5.93. The number of fused-ring (bicyclic) bond motifs is 1. The first kappa shape index (κ1) is 26.6. The monoisotopic (exact) mass is 513 g/mol. The second kappa shape index (κ2) is 11.2. The van der Waals surface area contributed by atoms with Crippen LogP contribution in [0.1, 0.15) is 31.9 Å². The van der Waals surface area contributed by atoms with Crippen molar-refractivity contribution in [3.8, 4) is 5.75 Å². The molecular formula is C23H26F3N3O5S. The Kier molecular flexibility index (Phi) is 8.49. The standard InChI is InChI=1S/C23H26F3N3O5S/c1-13(2)34-21(31)18-19(14-5-7-16(33-4)8-6-14)29-15(11-17(30)27-9-10-32-3)12-35-22(29)28-20(18)23(24,25)26/h5-8,12-13,19H,9-11H2,1-4H3,(H,27,30). The van der Waals surface area contributed by atoms with Crippen LogP contribution < -0.4 is 10.1 Å². The first-order chi connectivity index (χ1) is 16.6. The molecule has 1 aromatic carbocycles. The Morgan fingerprint density at radius 1 is 1.20 bits per heavy atom. The normalized spacial score (nSPS) is 17.7. The number of rotatable bonds is 9. The Balaban J connectivity index is 2.10. The van der Waals surface area contributed by atoms with Gasteiger partial charge in [-0.15, -0.1) is 0 Å². The van der Waals surface area contributed by atoms with Crippen molar-refractivity contribution in [2.75, 3.05) is 27.4 Å². The number of esters is 1. The van der Waals surface area contributed by atoms with Crippen LogP contribution in [0.4, 0.5) is 13.2 Å². The zero-order valence-corrected chi connectivity index (χ0v) is 20.5. The van der Waals surface area contributed by atoms with Crippen LogP contribution in [0, 0.1) is 0 Å². The number of nitrogens with zero attached hydrogens (tertiary/aromatic N) is 2. The third-order valence-electron chi connectivity index (χ3n) is 5.04. The van der Waals surface area contributed by atoms with Gasteiger partial charge in [0, 0.05) is 19.4 Å². The molecule has 0 saturated heterocycles. The first-order valence-electron chi connectivity index (χ1n) is 10.7. The number of halogens is 3. The Morgan fingerprint density at radius 3 is 2.46 bits per heavy atom. The molecule has 1 aromatic rings. The summed E-state index contributed by atoms with van der Waals surface area (Å²) in [6, 6.07) is 5.10. The Bertz CT molecular complexity index is 1050. The fraction of sp³-hybridized carbons (Fsp3) is 0.435. The fourth-order valence-corrected chi connectivity index (χ4v) is 4.50. The summed E-state index contributed by atoms with van der Waals surface area (Å²) in [7, 11) is 2.97. The second-order valence-corrected chi connectivity index (χ2v) is 8.74. The average molecular weight is 514 g/mol. The number of carbonyl (C=O) groups is 2. The van der Waals surface area contributed by atoms with Crippen molar-refractivity contribution in [3.05, 3.63) is 52.2 Å². The van der Waals surface area contributed by atoms with Crippen molar-refractivity contribution in [3.63, 3.8) is 0 Å². The number of aliphatic imine (C=N–C) groups is 1. The highest BCUT2D eigenvalue weighted by Crippen LogP contribution is 2.48. The lowest BCUT2D eigenvalue weighted by Gasteiger charge is -2.37. The summed E-state index contributed by atoms with van der Waals surface area (Å²) in [5.41, 5.74) is -1.18. The topological polar surface area (TPSA) is 89.5 Å². The number of nitrogens with one attached hydrogen (secondary N) is 1. The molecular weight excluding hydrogens is 487 g/mol. The lowest BCUT2D eigenvalue weighted by Crippen LogP contribution is -2.40. The van der Waals surface area contributed by atoms with Gasteiger partial charge in [-0.2, -0.15) is 13.2 Å². The van der Waals surface area contributed by atoms with E-state index in [2.05, 4.69) is 10.3 Å². The molecule has 0 bridgehead atoms. The first-order valence-corrected chi connectivity index (χ1v) is 11.6. The average Bonchev–Trinajstić information content (AvgIpc) is 3.19. The Hall–Kier alpha value is -2.99. The maximum absolute atomic E-state index is 14.1. The van der Waals surface area contributed by atoms with Crippen LogP contribution in [-0.2, 0) is 19.1 Å². The van der Waals surface area contributed by atoms with Gasteiger partial charge in [-0.25, -0.2) is 9.79 Å². The quantitative estimate of drug-likeness (QED) is 0.396. The molecule has 0 saturated carbocycles. The van der Waals surface area contributed by atoms with Gasteiger partial charge in [-0.3, -0.25) is 4.79 Å². The van der Waals surface area contributed by atoms with E-state index in [0.717, 1.165) is 11.8 Å². The molecule has 0 fully saturated rings. The predicted molar refractivity (Wildman–Crippen MR) is 124 cm³/mol. The molecule has 8 nitrogen and oxygen atoms in total. The third kappa shape index (κ3) is 6.17. The van der Waals surface area contributed by atoms with E-state index in [4.69, 9.17) is 14.2 Å². The van der Waals surface area contributed by atoms with Gasteiger partial charge < -0.3 is 24.4 Å². The maximum Gasteiger partial charge on any atom is 0.434 e. The van der Waals surface area contributed by atoms with Crippen molar-refractivity contribution in [2.45, 2.75) is 38.6 Å². The van der Waals surface area contributed by atoms with Gasteiger partial charge in [-0.1, -0.05) is 23.9 Å². The van der Waals surface area contributed by atoms with Crippen LogP contribution in [0.2, 0.25) is 0 Å². The smallest absolute Gasteiger partial charge is 0.434 e.